The van der Waals surface area contributed by atoms with Crippen LogP contribution >= 0.6 is 0 Å². The Hall–Kier alpha value is -3.10. The summed E-state index contributed by atoms with van der Waals surface area (Å²) in [5.41, 5.74) is 7.40. The van der Waals surface area contributed by atoms with Gasteiger partial charge in [-0.2, -0.15) is 0 Å². The number of hydrogen-bond donors (Lipinski definition) is 3. The van der Waals surface area contributed by atoms with Crippen LogP contribution in [0.25, 0.3) is 0 Å². The topological polar surface area (TPSA) is 131 Å². The van der Waals surface area contributed by atoms with Crippen molar-refractivity contribution in [3.8, 4) is 0 Å². The maximum Gasteiger partial charge on any atom is 0.408 e. The van der Waals surface area contributed by atoms with Crippen LogP contribution in [-0.4, -0.2) is 52.4 Å². The largest absolute Gasteiger partial charge is 0.444 e. The van der Waals surface area contributed by atoms with Crippen LogP contribution in [0.15, 0.2) is 18.2 Å². The zero-order valence-electron chi connectivity index (χ0n) is 26.2. The van der Waals surface area contributed by atoms with E-state index in [0.29, 0.717) is 17.9 Å². The molecule has 1 aromatic carbocycles. The van der Waals surface area contributed by atoms with Gasteiger partial charge in [0, 0.05) is 12.1 Å². The molecule has 0 aliphatic heterocycles. The maximum atomic E-state index is 14.3. The van der Waals surface area contributed by atoms with Crippen LogP contribution in [0, 0.1) is 19.8 Å². The van der Waals surface area contributed by atoms with Gasteiger partial charge in [-0.3, -0.25) is 14.4 Å². The maximum absolute atomic E-state index is 14.3. The average Bonchev–Trinajstić information content (AvgIpc) is 2.80. The van der Waals surface area contributed by atoms with Gasteiger partial charge in [-0.25, -0.2) is 4.79 Å². The third kappa shape index (κ3) is 11.6. The standard InChI is InChI=1S/C31H52N4O5/c1-11-12-22(6)33-28(37)27(24-16-14-20(4)21(5)17-24)35(23(7)15-13-19(2)3)29(38)25(18-26(32)36)34-30(39)40-31(8,9)10/h14,16-17,19,22-23,25,27H,11-13,15,18H2,1-10H3,(H2,32,36)(H,33,37)(H,34,39). The van der Waals surface area contributed by atoms with Crippen LogP contribution in [0.2, 0.25) is 0 Å². The zero-order chi connectivity index (χ0) is 30.8. The molecule has 4 atom stereocenters. The molecule has 226 valence electrons. The lowest BCUT2D eigenvalue weighted by atomic mass is 9.94. The number of nitrogens with one attached hydrogen (secondary N) is 2. The molecular formula is C31H52N4O5. The zero-order valence-corrected chi connectivity index (χ0v) is 26.2. The molecule has 0 fully saturated rings. The van der Waals surface area contributed by atoms with Gasteiger partial charge in [0.25, 0.3) is 0 Å². The van der Waals surface area contributed by atoms with E-state index in [9.17, 15) is 19.2 Å². The highest BCUT2D eigenvalue weighted by Crippen LogP contribution is 2.29. The van der Waals surface area contributed by atoms with E-state index >= 15 is 0 Å². The van der Waals surface area contributed by atoms with Crippen molar-refractivity contribution in [1.82, 2.24) is 15.5 Å². The molecule has 4 unspecified atom stereocenters. The smallest absolute Gasteiger partial charge is 0.408 e. The van der Waals surface area contributed by atoms with E-state index < -0.39 is 42.0 Å². The van der Waals surface area contributed by atoms with Crippen LogP contribution in [0.4, 0.5) is 4.79 Å². The third-order valence-electron chi connectivity index (χ3n) is 6.77. The number of hydrogen-bond acceptors (Lipinski definition) is 5. The molecule has 4 N–H and O–H groups in total. The van der Waals surface area contributed by atoms with Gasteiger partial charge < -0.3 is 26.0 Å². The molecule has 0 saturated carbocycles. The summed E-state index contributed by atoms with van der Waals surface area (Å²) >= 11 is 0. The summed E-state index contributed by atoms with van der Waals surface area (Å²) in [6.07, 6.45) is 1.84. The Morgan fingerprint density at radius 1 is 0.950 bits per heavy atom. The summed E-state index contributed by atoms with van der Waals surface area (Å²) in [6, 6.07) is 2.94. The molecule has 0 radical (unpaired) electrons. The molecule has 40 heavy (non-hydrogen) atoms. The Bertz CT molecular complexity index is 1020. The number of amides is 4. The Morgan fingerprint density at radius 2 is 1.57 bits per heavy atom. The first kappa shape index (κ1) is 34.9. The van der Waals surface area contributed by atoms with Crippen molar-refractivity contribution in [2.24, 2.45) is 11.7 Å². The summed E-state index contributed by atoms with van der Waals surface area (Å²) in [5.74, 6) is -1.27. The van der Waals surface area contributed by atoms with Gasteiger partial charge in [0.2, 0.25) is 17.7 Å². The fraction of sp³-hybridized carbons (Fsp3) is 0.677. The number of carbonyl (C=O) groups excluding carboxylic acids is 4. The number of alkyl carbamates (subject to hydrolysis) is 1. The van der Waals surface area contributed by atoms with Crippen molar-refractivity contribution < 1.29 is 23.9 Å². The minimum absolute atomic E-state index is 0.101. The van der Waals surface area contributed by atoms with Gasteiger partial charge >= 0.3 is 6.09 Å². The number of nitrogens with zero attached hydrogens (tertiary/aromatic N) is 1. The van der Waals surface area contributed by atoms with E-state index in [2.05, 4.69) is 24.5 Å². The predicted octanol–water partition coefficient (Wildman–Crippen LogP) is 5.07. The van der Waals surface area contributed by atoms with Crippen molar-refractivity contribution in [2.75, 3.05) is 0 Å². The SMILES string of the molecule is CCCC(C)NC(=O)C(c1ccc(C)c(C)c1)N(C(=O)C(CC(N)=O)NC(=O)OC(C)(C)C)C(C)CCC(C)C. The molecule has 9 heteroatoms. The van der Waals surface area contributed by atoms with E-state index in [1.54, 1.807) is 20.8 Å². The molecule has 0 aliphatic rings. The molecule has 0 aromatic heterocycles. The second kappa shape index (κ2) is 15.6. The summed E-state index contributed by atoms with van der Waals surface area (Å²) < 4.78 is 5.37. The number of carbonyl (C=O) groups is 4. The van der Waals surface area contributed by atoms with E-state index in [1.807, 2.05) is 52.8 Å². The molecule has 0 saturated heterocycles. The minimum atomic E-state index is -1.30. The number of benzene rings is 1. The fourth-order valence-corrected chi connectivity index (χ4v) is 4.54. The monoisotopic (exact) mass is 560 g/mol. The van der Waals surface area contributed by atoms with E-state index in [-0.39, 0.29) is 18.0 Å². The summed E-state index contributed by atoms with van der Waals surface area (Å²) in [6.45, 7) is 19.1. The first-order valence-electron chi connectivity index (χ1n) is 14.4. The Balaban J connectivity index is 3.70. The molecular weight excluding hydrogens is 508 g/mol. The highest BCUT2D eigenvalue weighted by atomic mass is 16.6. The summed E-state index contributed by atoms with van der Waals surface area (Å²) in [7, 11) is 0. The minimum Gasteiger partial charge on any atom is -0.444 e. The lowest BCUT2D eigenvalue weighted by molar-refractivity contribution is -0.146. The number of aryl methyl sites for hydroxylation is 2. The molecule has 9 nitrogen and oxygen atoms in total. The average molecular weight is 561 g/mol. The second-order valence-electron chi connectivity index (χ2n) is 12.4. The number of rotatable bonds is 14. The number of primary amides is 1. The first-order valence-corrected chi connectivity index (χ1v) is 14.4. The van der Waals surface area contributed by atoms with Gasteiger partial charge in [-0.15, -0.1) is 0 Å². The molecule has 0 aliphatic carbocycles. The summed E-state index contributed by atoms with van der Waals surface area (Å²) in [5, 5.41) is 5.63. The van der Waals surface area contributed by atoms with Crippen LogP contribution in [0.3, 0.4) is 0 Å². The number of ether oxygens (including phenoxy) is 1. The van der Waals surface area contributed by atoms with Gasteiger partial charge in [0.15, 0.2) is 0 Å². The van der Waals surface area contributed by atoms with Crippen molar-refractivity contribution in [3.05, 3.63) is 34.9 Å². The Kier molecular flexibility index (Phi) is 13.6. The van der Waals surface area contributed by atoms with Crippen molar-refractivity contribution in [1.29, 1.82) is 0 Å². The van der Waals surface area contributed by atoms with Crippen LogP contribution in [-0.2, 0) is 19.1 Å². The molecule has 0 heterocycles. The van der Waals surface area contributed by atoms with Crippen LogP contribution < -0.4 is 16.4 Å². The predicted molar refractivity (Wildman–Crippen MR) is 159 cm³/mol. The normalized spacial score (nSPS) is 14.6. The molecule has 0 bridgehead atoms. The van der Waals surface area contributed by atoms with Crippen molar-refractivity contribution >= 4 is 23.8 Å². The molecule has 1 aromatic rings. The first-order chi connectivity index (χ1) is 18.5. The lowest BCUT2D eigenvalue weighted by Crippen LogP contribution is -2.56. The molecule has 0 spiro atoms. The van der Waals surface area contributed by atoms with Gasteiger partial charge in [0.05, 0.1) is 6.42 Å². The van der Waals surface area contributed by atoms with Gasteiger partial charge in [-0.1, -0.05) is 45.4 Å². The van der Waals surface area contributed by atoms with Crippen molar-refractivity contribution in [2.45, 2.75) is 131 Å². The van der Waals surface area contributed by atoms with Crippen molar-refractivity contribution in [3.63, 3.8) is 0 Å². The van der Waals surface area contributed by atoms with Crippen LogP contribution in [0.1, 0.15) is 110 Å². The lowest BCUT2D eigenvalue weighted by Gasteiger charge is -2.39. The van der Waals surface area contributed by atoms with Gasteiger partial charge in [0.1, 0.15) is 17.7 Å². The fourth-order valence-electron chi connectivity index (χ4n) is 4.54. The highest BCUT2D eigenvalue weighted by Gasteiger charge is 2.39. The van der Waals surface area contributed by atoms with E-state index in [0.717, 1.165) is 30.4 Å². The molecule has 1 rings (SSSR count). The second-order valence-corrected chi connectivity index (χ2v) is 12.4. The van der Waals surface area contributed by atoms with E-state index in [1.165, 1.54) is 4.90 Å². The number of nitrogens with two attached hydrogens (primary N) is 1. The Labute approximate surface area is 241 Å². The van der Waals surface area contributed by atoms with Gasteiger partial charge in [-0.05, 0) is 90.3 Å². The highest BCUT2D eigenvalue weighted by molar-refractivity contribution is 5.94. The third-order valence-corrected chi connectivity index (χ3v) is 6.77. The molecule has 4 amide bonds. The van der Waals surface area contributed by atoms with Crippen LogP contribution in [0.5, 0.6) is 0 Å². The summed E-state index contributed by atoms with van der Waals surface area (Å²) in [4.78, 5) is 54.5. The Morgan fingerprint density at radius 3 is 2.08 bits per heavy atom. The van der Waals surface area contributed by atoms with E-state index in [4.69, 9.17) is 10.5 Å². The quantitative estimate of drug-likeness (QED) is 0.292.